The first kappa shape index (κ1) is 22.3. The van der Waals surface area contributed by atoms with Crippen LogP contribution >= 0.6 is 15.9 Å². The smallest absolute Gasteiger partial charge is 0.261 e. The molecular weight excluding hydrogens is 492 g/mol. The fourth-order valence-corrected chi connectivity index (χ4v) is 4.25. The molecule has 6 heteroatoms. The molecule has 0 fully saturated rings. The van der Waals surface area contributed by atoms with Gasteiger partial charge in [0.15, 0.2) is 0 Å². The second-order valence-corrected chi connectivity index (χ2v) is 8.77. The zero-order chi connectivity index (χ0) is 23.3. The van der Waals surface area contributed by atoms with E-state index in [1.54, 1.807) is 4.57 Å². The Bertz CT molecular complexity index is 1490. The number of hydrogen-bond donors (Lipinski definition) is 0. The minimum atomic E-state index is -0.0703. The highest BCUT2D eigenvalue weighted by molar-refractivity contribution is 9.10. The molecule has 0 radical (unpaired) electrons. The van der Waals surface area contributed by atoms with Gasteiger partial charge in [0.05, 0.1) is 30.7 Å². The van der Waals surface area contributed by atoms with Gasteiger partial charge in [0.1, 0.15) is 18.2 Å². The average Bonchev–Trinajstić information content (AvgIpc) is 2.87. The number of halogens is 1. The van der Waals surface area contributed by atoms with Gasteiger partial charge in [-0.15, -0.1) is 0 Å². The van der Waals surface area contributed by atoms with Crippen LogP contribution in [0.1, 0.15) is 0 Å². The monoisotopic (exact) mass is 514 g/mol. The first-order valence-electron chi connectivity index (χ1n) is 11.1. The minimum absolute atomic E-state index is 0.0703. The Labute approximate surface area is 205 Å². The van der Waals surface area contributed by atoms with Crippen molar-refractivity contribution in [3.63, 3.8) is 0 Å². The van der Waals surface area contributed by atoms with Crippen LogP contribution in [0.3, 0.4) is 0 Å². The van der Waals surface area contributed by atoms with Gasteiger partial charge in [-0.05, 0) is 35.7 Å². The molecule has 5 rings (SSSR count). The molecule has 0 amide bonds. The molecule has 0 aliphatic heterocycles. The third kappa shape index (κ3) is 4.74. The maximum atomic E-state index is 13.3. The largest absolute Gasteiger partial charge is 0.491 e. The van der Waals surface area contributed by atoms with Gasteiger partial charge >= 0.3 is 0 Å². The number of fused-ring (bicyclic) bond motifs is 2. The summed E-state index contributed by atoms with van der Waals surface area (Å²) in [6.07, 6.45) is 0. The van der Waals surface area contributed by atoms with Gasteiger partial charge in [-0.3, -0.25) is 9.36 Å². The third-order valence-corrected chi connectivity index (χ3v) is 6.19. The molecule has 0 spiro atoms. The van der Waals surface area contributed by atoms with Gasteiger partial charge in [-0.25, -0.2) is 4.98 Å². The van der Waals surface area contributed by atoms with Crippen molar-refractivity contribution in [2.45, 2.75) is 6.54 Å². The van der Waals surface area contributed by atoms with Crippen LogP contribution in [-0.4, -0.2) is 29.4 Å². The SMILES string of the molecule is O=c1c2ccccc2nc(-c2ccc(Br)cc2)n1CCOCCOc1cccc2ccccc12. The number of hydrogen-bond acceptors (Lipinski definition) is 4. The van der Waals surface area contributed by atoms with Crippen molar-refractivity contribution in [3.8, 4) is 17.1 Å². The lowest BCUT2D eigenvalue weighted by Crippen LogP contribution is -2.26. The lowest BCUT2D eigenvalue weighted by atomic mass is 10.1. The number of nitrogens with zero attached hydrogens (tertiary/aromatic N) is 2. The van der Waals surface area contributed by atoms with E-state index in [2.05, 4.69) is 28.1 Å². The molecule has 0 saturated heterocycles. The number of ether oxygens (including phenoxy) is 2. The number of benzene rings is 4. The Morgan fingerprint density at radius 2 is 1.50 bits per heavy atom. The molecule has 0 saturated carbocycles. The van der Waals surface area contributed by atoms with E-state index in [0.717, 1.165) is 26.6 Å². The Kier molecular flexibility index (Phi) is 6.70. The van der Waals surface area contributed by atoms with E-state index in [9.17, 15) is 4.79 Å². The highest BCUT2D eigenvalue weighted by Gasteiger charge is 2.13. The van der Waals surface area contributed by atoms with Crippen LogP contribution < -0.4 is 10.3 Å². The molecule has 34 heavy (non-hydrogen) atoms. The average molecular weight is 515 g/mol. The fourth-order valence-electron chi connectivity index (χ4n) is 3.98. The van der Waals surface area contributed by atoms with Crippen molar-refractivity contribution >= 4 is 37.6 Å². The van der Waals surface area contributed by atoms with Crippen molar-refractivity contribution in [1.82, 2.24) is 9.55 Å². The Morgan fingerprint density at radius 1 is 0.765 bits per heavy atom. The predicted molar refractivity (Wildman–Crippen MR) is 139 cm³/mol. The van der Waals surface area contributed by atoms with Crippen molar-refractivity contribution < 1.29 is 9.47 Å². The van der Waals surface area contributed by atoms with E-state index in [4.69, 9.17) is 14.5 Å². The van der Waals surface area contributed by atoms with Gasteiger partial charge < -0.3 is 9.47 Å². The summed E-state index contributed by atoms with van der Waals surface area (Å²) in [5, 5.41) is 2.82. The molecule has 170 valence electrons. The highest BCUT2D eigenvalue weighted by Crippen LogP contribution is 2.25. The normalized spacial score (nSPS) is 11.2. The molecule has 1 aromatic heterocycles. The lowest BCUT2D eigenvalue weighted by molar-refractivity contribution is 0.0945. The standard InChI is InChI=1S/C28H23BrN2O3/c29-22-14-12-21(13-15-22)27-30-25-10-4-3-9-24(25)28(32)31(27)16-17-33-18-19-34-26-11-5-7-20-6-1-2-8-23(20)26/h1-15H,16-19H2. The number of rotatable bonds is 8. The molecule has 4 aromatic carbocycles. The predicted octanol–water partition coefficient (Wildman–Crippen LogP) is 6.07. The molecule has 5 nitrogen and oxygen atoms in total. The number of aromatic nitrogens is 2. The first-order valence-corrected chi connectivity index (χ1v) is 11.9. The van der Waals surface area contributed by atoms with Crippen LogP contribution in [0.15, 0.2) is 100 Å². The number of para-hydroxylation sites is 1. The summed E-state index contributed by atoms with van der Waals surface area (Å²) in [4.78, 5) is 18.0. The van der Waals surface area contributed by atoms with Crippen molar-refractivity contribution in [3.05, 3.63) is 106 Å². The summed E-state index contributed by atoms with van der Waals surface area (Å²) in [6.45, 7) is 1.63. The Balaban J connectivity index is 1.28. The van der Waals surface area contributed by atoms with Crippen LogP contribution in [0.2, 0.25) is 0 Å². The second-order valence-electron chi connectivity index (χ2n) is 7.85. The molecule has 1 heterocycles. The topological polar surface area (TPSA) is 53.4 Å². The summed E-state index contributed by atoms with van der Waals surface area (Å²) >= 11 is 3.47. The van der Waals surface area contributed by atoms with Gasteiger partial charge in [0.2, 0.25) is 0 Å². The minimum Gasteiger partial charge on any atom is -0.491 e. The molecule has 0 bridgehead atoms. The van der Waals surface area contributed by atoms with Crippen LogP contribution in [0, 0.1) is 0 Å². The molecule has 0 unspecified atom stereocenters. The van der Waals surface area contributed by atoms with E-state index < -0.39 is 0 Å². The van der Waals surface area contributed by atoms with Gasteiger partial charge in [-0.2, -0.15) is 0 Å². The van der Waals surface area contributed by atoms with Crippen molar-refractivity contribution in [2.24, 2.45) is 0 Å². The van der Waals surface area contributed by atoms with E-state index in [1.165, 1.54) is 0 Å². The summed E-state index contributed by atoms with van der Waals surface area (Å²) in [7, 11) is 0. The van der Waals surface area contributed by atoms with Crippen LogP contribution in [0.5, 0.6) is 5.75 Å². The Morgan fingerprint density at radius 3 is 2.35 bits per heavy atom. The maximum Gasteiger partial charge on any atom is 0.261 e. The molecule has 0 atom stereocenters. The quantitative estimate of drug-likeness (QED) is 0.235. The van der Waals surface area contributed by atoms with Gasteiger partial charge in [-0.1, -0.05) is 76.6 Å². The van der Waals surface area contributed by atoms with Gasteiger partial charge in [0, 0.05) is 15.4 Å². The molecule has 0 N–H and O–H groups in total. The summed E-state index contributed by atoms with van der Waals surface area (Å²) in [6, 6.07) is 29.4. The summed E-state index contributed by atoms with van der Waals surface area (Å²) in [5.41, 5.74) is 1.50. The maximum absolute atomic E-state index is 13.3. The van der Waals surface area contributed by atoms with Gasteiger partial charge in [0.25, 0.3) is 5.56 Å². The zero-order valence-electron chi connectivity index (χ0n) is 18.5. The summed E-state index contributed by atoms with van der Waals surface area (Å²) < 4.78 is 14.4. The van der Waals surface area contributed by atoms with Crippen molar-refractivity contribution in [2.75, 3.05) is 19.8 Å². The van der Waals surface area contributed by atoms with E-state index in [-0.39, 0.29) is 5.56 Å². The molecule has 0 aliphatic rings. The van der Waals surface area contributed by atoms with Crippen molar-refractivity contribution in [1.29, 1.82) is 0 Å². The lowest BCUT2D eigenvalue weighted by Gasteiger charge is -2.14. The molecular formula is C28H23BrN2O3. The third-order valence-electron chi connectivity index (χ3n) is 5.66. The molecule has 0 aliphatic carbocycles. The van der Waals surface area contributed by atoms with Crippen LogP contribution in [0.4, 0.5) is 0 Å². The van der Waals surface area contributed by atoms with Crippen LogP contribution in [0.25, 0.3) is 33.1 Å². The van der Waals surface area contributed by atoms with E-state index >= 15 is 0 Å². The fraction of sp³-hybridized carbons (Fsp3) is 0.143. The first-order chi connectivity index (χ1) is 16.7. The van der Waals surface area contributed by atoms with Crippen LogP contribution in [-0.2, 0) is 11.3 Å². The highest BCUT2D eigenvalue weighted by atomic mass is 79.9. The summed E-state index contributed by atoms with van der Waals surface area (Å²) in [5.74, 6) is 1.47. The zero-order valence-corrected chi connectivity index (χ0v) is 20.1. The van der Waals surface area contributed by atoms with E-state index in [0.29, 0.717) is 43.1 Å². The Hall–Kier alpha value is -3.48. The molecule has 5 aromatic rings. The van der Waals surface area contributed by atoms with E-state index in [1.807, 2.05) is 78.9 Å². The second kappa shape index (κ2) is 10.2.